The van der Waals surface area contributed by atoms with E-state index in [1.54, 1.807) is 0 Å². The van der Waals surface area contributed by atoms with Crippen LogP contribution in [-0.4, -0.2) is 35.1 Å². The second-order valence-electron chi connectivity index (χ2n) is 2.04. The summed E-state index contributed by atoms with van der Waals surface area (Å²) in [6.45, 7) is 3.57. The Labute approximate surface area is 79.9 Å². The van der Waals surface area contributed by atoms with Gasteiger partial charge in [0.15, 0.2) is 0 Å². The molecule has 0 atom stereocenters. The highest BCUT2D eigenvalue weighted by Gasteiger charge is 1.91. The summed E-state index contributed by atoms with van der Waals surface area (Å²) >= 11 is 0. The highest BCUT2D eigenvalue weighted by atomic mass is 16.9. The fourth-order valence-electron chi connectivity index (χ4n) is 0.494. The smallest absolute Gasteiger partial charge is 0.294 e. The molecule has 0 amide bonds. The second-order valence-corrected chi connectivity index (χ2v) is 2.04. The summed E-state index contributed by atoms with van der Waals surface area (Å²) in [6.07, 6.45) is 1.03. The van der Waals surface area contributed by atoms with Crippen molar-refractivity contribution in [3.63, 3.8) is 0 Å². The molecular weight excluding hydrogens is 198 g/mol. The van der Waals surface area contributed by atoms with Gasteiger partial charge in [0.05, 0.1) is 0 Å². The molecule has 9 heteroatoms. The van der Waals surface area contributed by atoms with Crippen LogP contribution < -0.4 is 5.32 Å². The van der Waals surface area contributed by atoms with E-state index in [2.05, 4.69) is 10.2 Å². The van der Waals surface area contributed by atoms with Crippen LogP contribution in [0.3, 0.4) is 0 Å². The fraction of sp³-hybridized carbons (Fsp3) is 1.00. The summed E-state index contributed by atoms with van der Waals surface area (Å²) in [7, 11) is 0. The van der Waals surface area contributed by atoms with Crippen molar-refractivity contribution in [1.82, 2.24) is 5.32 Å². The predicted octanol–water partition coefficient (Wildman–Crippen LogP) is -0.153. The maximum absolute atomic E-state index is 9.59. The Morgan fingerprint density at radius 3 is 2.21 bits per heavy atom. The Bertz CT molecular complexity index is 160. The van der Waals surface area contributed by atoms with Gasteiger partial charge in [-0.05, 0) is 13.0 Å². The minimum absolute atomic E-state index is 0.132. The van der Waals surface area contributed by atoms with E-state index in [0.29, 0.717) is 6.54 Å². The predicted molar refractivity (Wildman–Crippen MR) is 44.9 cm³/mol. The lowest BCUT2D eigenvalue weighted by Gasteiger charge is -1.99. The summed E-state index contributed by atoms with van der Waals surface area (Å²) in [6, 6.07) is 0. The van der Waals surface area contributed by atoms with Crippen molar-refractivity contribution in [3.05, 3.63) is 20.2 Å². The Kier molecular flexibility index (Phi) is 12.1. The van der Waals surface area contributed by atoms with Crippen molar-refractivity contribution in [2.24, 2.45) is 0 Å². The van der Waals surface area contributed by atoms with Gasteiger partial charge < -0.3 is 15.4 Å². The van der Waals surface area contributed by atoms with E-state index in [-0.39, 0.29) is 6.61 Å². The highest BCUT2D eigenvalue weighted by molar-refractivity contribution is 4.40. The largest absolute Gasteiger partial charge is 0.328 e. The van der Waals surface area contributed by atoms with E-state index >= 15 is 0 Å². The molecule has 0 aromatic rings. The lowest BCUT2D eigenvalue weighted by atomic mass is 10.5. The normalized spacial score (nSPS) is 8.36. The fourth-order valence-corrected chi connectivity index (χ4v) is 0.494. The zero-order valence-corrected chi connectivity index (χ0v) is 7.71. The average Bonchev–Trinajstić information content (AvgIpc) is 2.02. The maximum atomic E-state index is 9.59. The van der Waals surface area contributed by atoms with Gasteiger partial charge in [-0.1, -0.05) is 6.92 Å². The molecule has 0 saturated heterocycles. The lowest BCUT2D eigenvalue weighted by Crippen LogP contribution is -2.21. The van der Waals surface area contributed by atoms with E-state index < -0.39 is 10.2 Å². The summed E-state index contributed by atoms with van der Waals surface area (Å²) in [5, 5.41) is 25.4. The lowest BCUT2D eigenvalue weighted by molar-refractivity contribution is -0.757. The van der Waals surface area contributed by atoms with Gasteiger partial charge in [0.1, 0.15) is 6.61 Å². The Morgan fingerprint density at radius 2 is 1.86 bits per heavy atom. The molecule has 0 heterocycles. The molecule has 0 aliphatic carbocycles. The Morgan fingerprint density at radius 1 is 1.36 bits per heavy atom. The van der Waals surface area contributed by atoms with E-state index in [0.717, 1.165) is 13.0 Å². The van der Waals surface area contributed by atoms with Crippen molar-refractivity contribution < 1.29 is 20.2 Å². The second kappa shape index (κ2) is 11.4. The quantitative estimate of drug-likeness (QED) is 0.355. The van der Waals surface area contributed by atoms with Gasteiger partial charge in [0.25, 0.3) is 10.2 Å². The third-order valence-electron chi connectivity index (χ3n) is 0.902. The maximum Gasteiger partial charge on any atom is 0.294 e. The van der Waals surface area contributed by atoms with Crippen LogP contribution in [0.2, 0.25) is 0 Å². The summed E-state index contributed by atoms with van der Waals surface area (Å²) < 4.78 is 0. The molecule has 0 bridgehead atoms. The molecule has 0 radical (unpaired) electrons. The summed E-state index contributed by atoms with van der Waals surface area (Å²) in [5.41, 5.74) is 0. The molecule has 0 aromatic carbocycles. The SMILES string of the molecule is CCCNCCO[N+](=O)[O-].O=[N+]([O-])O. The van der Waals surface area contributed by atoms with E-state index in [1.807, 2.05) is 6.92 Å². The third-order valence-corrected chi connectivity index (χ3v) is 0.902. The Hall–Kier alpha value is -1.64. The molecule has 2 N–H and O–H groups in total. The minimum atomic E-state index is -1.50. The zero-order chi connectivity index (χ0) is 11.4. The topological polar surface area (TPSA) is 128 Å². The van der Waals surface area contributed by atoms with Crippen LogP contribution in [0.25, 0.3) is 0 Å². The van der Waals surface area contributed by atoms with E-state index in [4.69, 9.17) is 15.3 Å². The molecule has 0 spiro atoms. The van der Waals surface area contributed by atoms with Crippen LogP contribution in [0.15, 0.2) is 0 Å². The van der Waals surface area contributed by atoms with Gasteiger partial charge in [0.2, 0.25) is 0 Å². The zero-order valence-electron chi connectivity index (χ0n) is 7.71. The molecular formula is C5H13N3O6. The molecule has 0 fully saturated rings. The van der Waals surface area contributed by atoms with E-state index in [9.17, 15) is 10.1 Å². The first-order valence-corrected chi connectivity index (χ1v) is 3.82. The van der Waals surface area contributed by atoms with Gasteiger partial charge in [-0.15, -0.1) is 20.2 Å². The van der Waals surface area contributed by atoms with Crippen LogP contribution in [0.5, 0.6) is 0 Å². The molecule has 9 nitrogen and oxygen atoms in total. The number of nitrogens with zero attached hydrogens (tertiary/aromatic N) is 2. The van der Waals surface area contributed by atoms with Gasteiger partial charge in [-0.2, -0.15) is 0 Å². The number of hydrogen-bond donors (Lipinski definition) is 2. The van der Waals surface area contributed by atoms with E-state index in [1.165, 1.54) is 0 Å². The molecule has 0 aliphatic heterocycles. The van der Waals surface area contributed by atoms with Crippen molar-refractivity contribution in [2.75, 3.05) is 19.7 Å². The molecule has 0 aromatic heterocycles. The van der Waals surface area contributed by atoms with Gasteiger partial charge in [-0.3, -0.25) is 0 Å². The molecule has 84 valence electrons. The van der Waals surface area contributed by atoms with Gasteiger partial charge >= 0.3 is 0 Å². The number of nitrogens with one attached hydrogen (secondary N) is 1. The third kappa shape index (κ3) is 31.6. The average molecular weight is 211 g/mol. The van der Waals surface area contributed by atoms with Crippen molar-refractivity contribution in [3.8, 4) is 0 Å². The Balaban J connectivity index is 0. The van der Waals surface area contributed by atoms with Crippen LogP contribution in [0.1, 0.15) is 13.3 Å². The van der Waals surface area contributed by atoms with Crippen molar-refractivity contribution in [1.29, 1.82) is 0 Å². The molecule has 14 heavy (non-hydrogen) atoms. The van der Waals surface area contributed by atoms with Crippen LogP contribution in [-0.2, 0) is 4.84 Å². The number of hydrogen-bond acceptors (Lipinski definition) is 6. The first-order chi connectivity index (χ1) is 6.50. The van der Waals surface area contributed by atoms with Crippen LogP contribution in [0, 0.1) is 20.2 Å². The first kappa shape index (κ1) is 14.9. The van der Waals surface area contributed by atoms with Crippen molar-refractivity contribution in [2.45, 2.75) is 13.3 Å². The van der Waals surface area contributed by atoms with Gasteiger partial charge in [-0.25, -0.2) is 0 Å². The molecule has 0 saturated carbocycles. The first-order valence-electron chi connectivity index (χ1n) is 3.82. The summed E-state index contributed by atoms with van der Waals surface area (Å²) in [4.78, 5) is 22.0. The van der Waals surface area contributed by atoms with Gasteiger partial charge in [0, 0.05) is 6.54 Å². The monoisotopic (exact) mass is 211 g/mol. The molecule has 0 rings (SSSR count). The molecule has 0 unspecified atom stereocenters. The van der Waals surface area contributed by atoms with Crippen molar-refractivity contribution >= 4 is 0 Å². The standard InChI is InChI=1S/C5H12N2O3.HNO3/c1-2-3-6-4-5-10-7(8)9;2-1(3)4/h6H,2-5H2,1H3;(H,2,3,4). The van der Waals surface area contributed by atoms with Crippen LogP contribution >= 0.6 is 0 Å². The molecule has 0 aliphatic rings. The highest BCUT2D eigenvalue weighted by Crippen LogP contribution is 1.73. The summed E-state index contributed by atoms with van der Waals surface area (Å²) in [5.74, 6) is 0. The minimum Gasteiger partial charge on any atom is -0.328 e. The number of rotatable bonds is 6. The van der Waals surface area contributed by atoms with Crippen LogP contribution in [0.4, 0.5) is 0 Å².